The maximum absolute atomic E-state index is 13.4. The minimum absolute atomic E-state index is 0.203. The van der Waals surface area contributed by atoms with Gasteiger partial charge in [0.2, 0.25) is 0 Å². The molecule has 0 saturated heterocycles. The first kappa shape index (κ1) is 13.8. The number of alkyl halides is 1. The Hall–Kier alpha value is -1.17. The Morgan fingerprint density at radius 1 is 1.35 bits per heavy atom. The van der Waals surface area contributed by atoms with Crippen molar-refractivity contribution in [2.24, 2.45) is 0 Å². The Morgan fingerprint density at radius 3 is 2.85 bits per heavy atom. The number of pyridine rings is 1. The lowest BCUT2D eigenvalue weighted by molar-refractivity contribution is 0.626. The molecule has 0 N–H and O–H groups in total. The van der Waals surface area contributed by atoms with Gasteiger partial charge in [0.25, 0.3) is 0 Å². The summed E-state index contributed by atoms with van der Waals surface area (Å²) in [7, 11) is 0. The predicted molar refractivity (Wildman–Crippen MR) is 81.1 cm³/mol. The van der Waals surface area contributed by atoms with Crippen LogP contribution in [-0.4, -0.2) is 14.5 Å². The molecule has 1 aromatic carbocycles. The lowest BCUT2D eigenvalue weighted by Crippen LogP contribution is -2.02. The van der Waals surface area contributed by atoms with Crippen molar-refractivity contribution in [1.29, 1.82) is 0 Å². The summed E-state index contributed by atoms with van der Waals surface area (Å²) in [5.74, 6) is 0.405. The standard InChI is InChI=1S/C13H7BrCl2FN3/c14-8-3-7(17)4-9(16)13(8)20-11-1-2-18-6-10(11)19-12(20)5-15/h1-4,6H,5H2. The third-order valence-electron chi connectivity index (χ3n) is 2.85. The molecule has 3 nitrogen and oxygen atoms in total. The van der Waals surface area contributed by atoms with Gasteiger partial charge in [-0.2, -0.15) is 0 Å². The van der Waals surface area contributed by atoms with Gasteiger partial charge >= 0.3 is 0 Å². The average molecular weight is 375 g/mol. The van der Waals surface area contributed by atoms with Crippen molar-refractivity contribution in [1.82, 2.24) is 14.5 Å². The second-order valence-corrected chi connectivity index (χ2v) is 5.61. The minimum atomic E-state index is -0.413. The van der Waals surface area contributed by atoms with E-state index >= 15 is 0 Å². The number of rotatable bonds is 2. The molecule has 2 aromatic heterocycles. The van der Waals surface area contributed by atoms with Gasteiger partial charge in [-0.15, -0.1) is 11.6 Å². The highest BCUT2D eigenvalue weighted by Gasteiger charge is 2.17. The Kier molecular flexibility index (Phi) is 3.67. The Bertz CT molecular complexity index is 780. The fraction of sp³-hybridized carbons (Fsp3) is 0.0769. The number of fused-ring (bicyclic) bond motifs is 1. The van der Waals surface area contributed by atoms with Gasteiger partial charge in [0.1, 0.15) is 17.2 Å². The average Bonchev–Trinajstić information content (AvgIpc) is 2.76. The van der Waals surface area contributed by atoms with Gasteiger partial charge in [-0.3, -0.25) is 9.55 Å². The quantitative estimate of drug-likeness (QED) is 0.608. The fourth-order valence-electron chi connectivity index (χ4n) is 2.07. The number of halogens is 4. The van der Waals surface area contributed by atoms with Gasteiger partial charge in [-0.1, -0.05) is 11.6 Å². The molecule has 0 aliphatic carbocycles. The smallest absolute Gasteiger partial charge is 0.129 e. The molecule has 3 aromatic rings. The molecule has 0 fully saturated rings. The number of hydrogen-bond donors (Lipinski definition) is 0. The van der Waals surface area contributed by atoms with Crippen LogP contribution in [0.5, 0.6) is 0 Å². The van der Waals surface area contributed by atoms with Crippen LogP contribution in [0.15, 0.2) is 35.1 Å². The van der Waals surface area contributed by atoms with Crippen LogP contribution < -0.4 is 0 Å². The van der Waals surface area contributed by atoms with Crippen LogP contribution in [0.3, 0.4) is 0 Å². The molecular weight excluding hydrogens is 368 g/mol. The highest BCUT2D eigenvalue weighted by Crippen LogP contribution is 2.33. The van der Waals surface area contributed by atoms with Crippen LogP contribution in [-0.2, 0) is 5.88 Å². The predicted octanol–water partition coefficient (Wildman–Crippen LogP) is 4.71. The molecule has 0 bridgehead atoms. The van der Waals surface area contributed by atoms with Crippen molar-refractivity contribution in [2.45, 2.75) is 5.88 Å². The summed E-state index contributed by atoms with van der Waals surface area (Å²) < 4.78 is 15.7. The molecule has 20 heavy (non-hydrogen) atoms. The molecule has 3 rings (SSSR count). The molecule has 0 radical (unpaired) electrons. The summed E-state index contributed by atoms with van der Waals surface area (Å²) in [4.78, 5) is 8.44. The molecule has 7 heteroatoms. The fourth-order valence-corrected chi connectivity index (χ4v) is 3.26. The van der Waals surface area contributed by atoms with Crippen molar-refractivity contribution in [3.05, 3.63) is 51.7 Å². The molecule has 2 heterocycles. The maximum Gasteiger partial charge on any atom is 0.129 e. The van der Waals surface area contributed by atoms with Crippen LogP contribution in [0.1, 0.15) is 5.82 Å². The normalized spacial score (nSPS) is 11.2. The zero-order chi connectivity index (χ0) is 14.3. The Morgan fingerprint density at radius 2 is 2.15 bits per heavy atom. The van der Waals surface area contributed by atoms with Gasteiger partial charge in [0.15, 0.2) is 0 Å². The summed E-state index contributed by atoms with van der Waals surface area (Å²) in [6, 6.07) is 4.42. The number of hydrogen-bond acceptors (Lipinski definition) is 2. The molecule has 0 atom stereocenters. The van der Waals surface area contributed by atoms with Crippen LogP contribution in [0.4, 0.5) is 4.39 Å². The maximum atomic E-state index is 13.4. The number of benzene rings is 1. The van der Waals surface area contributed by atoms with E-state index in [1.54, 1.807) is 17.0 Å². The van der Waals surface area contributed by atoms with Crippen molar-refractivity contribution < 1.29 is 4.39 Å². The summed E-state index contributed by atoms with van der Waals surface area (Å²) in [6.45, 7) is 0. The topological polar surface area (TPSA) is 30.7 Å². The first-order chi connectivity index (χ1) is 9.61. The minimum Gasteiger partial charge on any atom is -0.292 e. The molecule has 0 unspecified atom stereocenters. The van der Waals surface area contributed by atoms with E-state index in [2.05, 4.69) is 25.9 Å². The molecule has 102 valence electrons. The van der Waals surface area contributed by atoms with E-state index in [0.29, 0.717) is 21.5 Å². The van der Waals surface area contributed by atoms with Crippen molar-refractivity contribution >= 4 is 50.2 Å². The monoisotopic (exact) mass is 373 g/mol. The lowest BCUT2D eigenvalue weighted by atomic mass is 10.3. The summed E-state index contributed by atoms with van der Waals surface area (Å²) in [5, 5.41) is 0.277. The van der Waals surface area contributed by atoms with Crippen LogP contribution >= 0.6 is 39.1 Å². The number of imidazole rings is 1. The number of aromatic nitrogens is 3. The highest BCUT2D eigenvalue weighted by atomic mass is 79.9. The van der Waals surface area contributed by atoms with Gasteiger partial charge in [-0.05, 0) is 34.1 Å². The SMILES string of the molecule is Fc1cc(Cl)c(-n2c(CCl)nc3cnccc32)c(Br)c1. The second kappa shape index (κ2) is 5.31. The van der Waals surface area contributed by atoms with E-state index in [4.69, 9.17) is 23.2 Å². The third kappa shape index (κ3) is 2.20. The van der Waals surface area contributed by atoms with Crippen LogP contribution in [0.25, 0.3) is 16.7 Å². The van der Waals surface area contributed by atoms with Gasteiger partial charge in [-0.25, -0.2) is 9.37 Å². The van der Waals surface area contributed by atoms with E-state index in [1.807, 2.05) is 6.07 Å². The Labute approximate surface area is 132 Å². The first-order valence-corrected chi connectivity index (χ1v) is 7.34. The first-order valence-electron chi connectivity index (χ1n) is 5.64. The zero-order valence-electron chi connectivity index (χ0n) is 9.95. The van der Waals surface area contributed by atoms with Gasteiger partial charge in [0.05, 0.1) is 28.3 Å². The van der Waals surface area contributed by atoms with Gasteiger partial charge < -0.3 is 0 Å². The highest BCUT2D eigenvalue weighted by molar-refractivity contribution is 9.10. The van der Waals surface area contributed by atoms with Crippen molar-refractivity contribution in [2.75, 3.05) is 0 Å². The van der Waals surface area contributed by atoms with Crippen molar-refractivity contribution in [3.63, 3.8) is 0 Å². The third-order valence-corrected chi connectivity index (χ3v) is 3.98. The molecule has 0 saturated carbocycles. The Balaban J connectivity index is 2.40. The van der Waals surface area contributed by atoms with E-state index in [-0.39, 0.29) is 10.9 Å². The van der Waals surface area contributed by atoms with E-state index < -0.39 is 5.82 Å². The second-order valence-electron chi connectivity index (χ2n) is 4.08. The van der Waals surface area contributed by atoms with E-state index in [0.717, 1.165) is 5.52 Å². The summed E-state index contributed by atoms with van der Waals surface area (Å²) in [5.41, 5.74) is 2.12. The zero-order valence-corrected chi connectivity index (χ0v) is 13.0. The van der Waals surface area contributed by atoms with E-state index in [9.17, 15) is 4.39 Å². The molecule has 0 spiro atoms. The molecule has 0 aliphatic rings. The van der Waals surface area contributed by atoms with E-state index in [1.165, 1.54) is 12.1 Å². The van der Waals surface area contributed by atoms with Gasteiger partial charge in [0, 0.05) is 10.7 Å². The van der Waals surface area contributed by atoms with Crippen LogP contribution in [0.2, 0.25) is 5.02 Å². The summed E-state index contributed by atoms with van der Waals surface area (Å²) in [6.07, 6.45) is 3.30. The molecular formula is C13H7BrCl2FN3. The van der Waals surface area contributed by atoms with Crippen molar-refractivity contribution in [3.8, 4) is 5.69 Å². The largest absolute Gasteiger partial charge is 0.292 e. The van der Waals surface area contributed by atoms with Crippen LogP contribution in [0, 0.1) is 5.82 Å². The number of nitrogens with zero attached hydrogens (tertiary/aromatic N) is 3. The molecule has 0 amide bonds. The summed E-state index contributed by atoms with van der Waals surface area (Å²) >= 11 is 15.5. The molecule has 0 aliphatic heterocycles. The lowest BCUT2D eigenvalue weighted by Gasteiger charge is -2.12.